The quantitative estimate of drug-likeness (QED) is 0.667. The van der Waals surface area contributed by atoms with E-state index in [-0.39, 0.29) is 0 Å². The van der Waals surface area contributed by atoms with Crippen LogP contribution in [-0.2, 0) is 0 Å². The molecule has 0 aliphatic carbocycles. The first-order valence-corrected chi connectivity index (χ1v) is 5.79. The summed E-state index contributed by atoms with van der Waals surface area (Å²) in [6.07, 6.45) is 2.37. The molecule has 0 atom stereocenters. The van der Waals surface area contributed by atoms with E-state index < -0.39 is 0 Å². The van der Waals surface area contributed by atoms with Crippen molar-refractivity contribution in [3.63, 3.8) is 0 Å². The molecule has 1 aromatic rings. The van der Waals surface area contributed by atoms with Crippen LogP contribution in [0.25, 0.3) is 5.57 Å². The molecular weight excluding hydrogens is 180 g/mol. The van der Waals surface area contributed by atoms with Crippen LogP contribution < -0.4 is 0 Å². The van der Waals surface area contributed by atoms with Gasteiger partial charge in [-0.25, -0.2) is 0 Å². The molecule has 0 radical (unpaired) electrons. The molecule has 1 rings (SSSR count). The molecule has 0 saturated heterocycles. The van der Waals surface area contributed by atoms with E-state index in [1.165, 1.54) is 16.7 Å². The van der Waals surface area contributed by atoms with Gasteiger partial charge in [0.25, 0.3) is 0 Å². The molecule has 0 bridgehead atoms. The molecule has 0 amide bonds. The standard InChI is InChI=1S/C15H22/c1-11(2)10-15(12(3)4)14-8-6-13(5)7-9-14/h6-12H,1-5H3/b15-10+. The smallest absolute Gasteiger partial charge is 0.0216 e. The molecule has 0 nitrogen and oxygen atoms in total. The predicted molar refractivity (Wildman–Crippen MR) is 68.8 cm³/mol. The molecule has 0 fully saturated rings. The summed E-state index contributed by atoms with van der Waals surface area (Å²) < 4.78 is 0. The molecule has 0 N–H and O–H groups in total. The number of allylic oxidation sites excluding steroid dienone is 2. The van der Waals surface area contributed by atoms with Crippen LogP contribution in [-0.4, -0.2) is 0 Å². The minimum Gasteiger partial charge on any atom is -0.0779 e. The number of benzene rings is 1. The molecule has 0 spiro atoms. The SMILES string of the molecule is Cc1ccc(/C(=C/C(C)C)C(C)C)cc1. The maximum absolute atomic E-state index is 2.37. The molecule has 0 heteroatoms. The second-order valence-electron chi connectivity index (χ2n) is 4.89. The van der Waals surface area contributed by atoms with Gasteiger partial charge in [0.2, 0.25) is 0 Å². The van der Waals surface area contributed by atoms with Crippen LogP contribution in [0.3, 0.4) is 0 Å². The fourth-order valence-electron chi connectivity index (χ4n) is 1.73. The van der Waals surface area contributed by atoms with Crippen LogP contribution in [0.2, 0.25) is 0 Å². The molecule has 0 unspecified atom stereocenters. The van der Waals surface area contributed by atoms with Gasteiger partial charge in [-0.3, -0.25) is 0 Å². The lowest BCUT2D eigenvalue weighted by molar-refractivity contribution is 0.797. The Morgan fingerprint density at radius 1 is 1.00 bits per heavy atom. The molecule has 0 aliphatic rings. The molecule has 0 aliphatic heterocycles. The van der Waals surface area contributed by atoms with Crippen molar-refractivity contribution in [2.75, 3.05) is 0 Å². The van der Waals surface area contributed by atoms with Gasteiger partial charge in [-0.15, -0.1) is 0 Å². The van der Waals surface area contributed by atoms with Crippen LogP contribution >= 0.6 is 0 Å². The maximum Gasteiger partial charge on any atom is -0.0216 e. The summed E-state index contributed by atoms with van der Waals surface area (Å²) in [6, 6.07) is 8.82. The zero-order chi connectivity index (χ0) is 11.4. The lowest BCUT2D eigenvalue weighted by Crippen LogP contribution is -1.96. The molecule has 15 heavy (non-hydrogen) atoms. The Hall–Kier alpha value is -1.04. The number of hydrogen-bond acceptors (Lipinski definition) is 0. The second-order valence-corrected chi connectivity index (χ2v) is 4.89. The van der Waals surface area contributed by atoms with Crippen molar-refractivity contribution in [3.05, 3.63) is 41.5 Å². The van der Waals surface area contributed by atoms with Crippen molar-refractivity contribution in [2.24, 2.45) is 11.8 Å². The first-order valence-electron chi connectivity index (χ1n) is 5.79. The number of aryl methyl sites for hydroxylation is 1. The highest BCUT2D eigenvalue weighted by atomic mass is 14.1. The van der Waals surface area contributed by atoms with Crippen molar-refractivity contribution < 1.29 is 0 Å². The minimum absolute atomic E-state index is 0.593. The van der Waals surface area contributed by atoms with Gasteiger partial charge in [0.15, 0.2) is 0 Å². The van der Waals surface area contributed by atoms with Crippen molar-refractivity contribution >= 4 is 5.57 Å². The Labute approximate surface area is 94.0 Å². The lowest BCUT2D eigenvalue weighted by atomic mass is 9.92. The van der Waals surface area contributed by atoms with Crippen LogP contribution in [0.4, 0.5) is 0 Å². The van der Waals surface area contributed by atoms with Crippen LogP contribution in [0.5, 0.6) is 0 Å². The Morgan fingerprint density at radius 2 is 1.53 bits per heavy atom. The Morgan fingerprint density at radius 3 is 1.93 bits per heavy atom. The summed E-state index contributed by atoms with van der Waals surface area (Å²) in [5.41, 5.74) is 4.15. The summed E-state index contributed by atoms with van der Waals surface area (Å²) in [5.74, 6) is 1.21. The summed E-state index contributed by atoms with van der Waals surface area (Å²) in [6.45, 7) is 11.1. The summed E-state index contributed by atoms with van der Waals surface area (Å²) in [7, 11) is 0. The predicted octanol–water partition coefficient (Wildman–Crippen LogP) is 4.69. The van der Waals surface area contributed by atoms with Crippen LogP contribution in [0, 0.1) is 18.8 Å². The van der Waals surface area contributed by atoms with Gasteiger partial charge < -0.3 is 0 Å². The fraction of sp³-hybridized carbons (Fsp3) is 0.467. The molecule has 0 heterocycles. The van der Waals surface area contributed by atoms with Gasteiger partial charge in [-0.2, -0.15) is 0 Å². The van der Waals surface area contributed by atoms with Crippen LogP contribution in [0.1, 0.15) is 38.8 Å². The average molecular weight is 202 g/mol. The van der Waals surface area contributed by atoms with Crippen molar-refractivity contribution in [2.45, 2.75) is 34.6 Å². The molecule has 0 saturated carbocycles. The Bertz CT molecular complexity index is 326. The molecule has 82 valence electrons. The zero-order valence-electron chi connectivity index (χ0n) is 10.5. The highest BCUT2D eigenvalue weighted by molar-refractivity contribution is 5.67. The highest BCUT2D eigenvalue weighted by Gasteiger charge is 2.06. The highest BCUT2D eigenvalue weighted by Crippen LogP contribution is 2.24. The zero-order valence-corrected chi connectivity index (χ0v) is 10.5. The van der Waals surface area contributed by atoms with E-state index in [0.717, 1.165) is 0 Å². The summed E-state index contributed by atoms with van der Waals surface area (Å²) in [4.78, 5) is 0. The average Bonchev–Trinajstić information content (AvgIpc) is 2.15. The first kappa shape index (κ1) is 12.0. The van der Waals surface area contributed by atoms with Gasteiger partial charge in [-0.05, 0) is 29.9 Å². The van der Waals surface area contributed by atoms with Crippen LogP contribution in [0.15, 0.2) is 30.3 Å². The van der Waals surface area contributed by atoms with E-state index in [1.54, 1.807) is 0 Å². The molecular formula is C15H22. The van der Waals surface area contributed by atoms with Crippen molar-refractivity contribution in [1.29, 1.82) is 0 Å². The van der Waals surface area contributed by atoms with E-state index in [9.17, 15) is 0 Å². The fourth-order valence-corrected chi connectivity index (χ4v) is 1.73. The van der Waals surface area contributed by atoms with Gasteiger partial charge in [0.1, 0.15) is 0 Å². The molecule has 0 aromatic heterocycles. The third-order valence-corrected chi connectivity index (χ3v) is 2.52. The largest absolute Gasteiger partial charge is 0.0779 e. The maximum atomic E-state index is 2.37. The third-order valence-electron chi connectivity index (χ3n) is 2.52. The van der Waals surface area contributed by atoms with E-state index >= 15 is 0 Å². The van der Waals surface area contributed by atoms with Gasteiger partial charge in [-0.1, -0.05) is 63.6 Å². The monoisotopic (exact) mass is 202 g/mol. The second kappa shape index (κ2) is 5.16. The van der Waals surface area contributed by atoms with E-state index in [0.29, 0.717) is 11.8 Å². The van der Waals surface area contributed by atoms with Gasteiger partial charge in [0, 0.05) is 0 Å². The lowest BCUT2D eigenvalue weighted by Gasteiger charge is -2.13. The first-order chi connectivity index (χ1) is 7.00. The molecule has 1 aromatic carbocycles. The van der Waals surface area contributed by atoms with Crippen molar-refractivity contribution in [3.8, 4) is 0 Å². The topological polar surface area (TPSA) is 0 Å². The summed E-state index contributed by atoms with van der Waals surface area (Å²) >= 11 is 0. The Kier molecular flexibility index (Phi) is 4.14. The van der Waals surface area contributed by atoms with Gasteiger partial charge in [0.05, 0.1) is 0 Å². The minimum atomic E-state index is 0.593. The van der Waals surface area contributed by atoms with Crippen molar-refractivity contribution in [1.82, 2.24) is 0 Å². The van der Waals surface area contributed by atoms with Gasteiger partial charge >= 0.3 is 0 Å². The van der Waals surface area contributed by atoms with E-state index in [1.807, 2.05) is 0 Å². The number of rotatable bonds is 3. The van der Waals surface area contributed by atoms with E-state index in [4.69, 9.17) is 0 Å². The summed E-state index contributed by atoms with van der Waals surface area (Å²) in [5, 5.41) is 0. The third kappa shape index (κ3) is 3.54. The van der Waals surface area contributed by atoms with E-state index in [2.05, 4.69) is 65.0 Å². The number of hydrogen-bond donors (Lipinski definition) is 0. The normalized spacial score (nSPS) is 12.6. The Balaban J connectivity index is 3.05.